The topological polar surface area (TPSA) is 91.3 Å². The molecule has 1 fully saturated rings. The van der Waals surface area contributed by atoms with Crippen molar-refractivity contribution in [3.63, 3.8) is 0 Å². The van der Waals surface area contributed by atoms with Crippen LogP contribution in [0.3, 0.4) is 0 Å². The molecule has 0 aliphatic carbocycles. The summed E-state index contributed by atoms with van der Waals surface area (Å²) in [7, 11) is 3.22. The van der Waals surface area contributed by atoms with Gasteiger partial charge in [-0.25, -0.2) is 9.97 Å². The van der Waals surface area contributed by atoms with Crippen LogP contribution in [0.15, 0.2) is 24.5 Å². The maximum atomic E-state index is 6.28. The van der Waals surface area contributed by atoms with Gasteiger partial charge in [0, 0.05) is 43.4 Å². The number of piperidine rings is 1. The van der Waals surface area contributed by atoms with Crippen molar-refractivity contribution < 1.29 is 9.47 Å². The molecular formula is C21H28N6O2. The third-order valence-electron chi connectivity index (χ3n) is 5.51. The van der Waals surface area contributed by atoms with Crippen LogP contribution in [0.4, 0.5) is 11.8 Å². The minimum Gasteiger partial charge on any atom is -0.493 e. The SMILES string of the molecule is CCCc1nccn1C1CCCN(c2nc(N)c3cc(OC)c(OC)cc3n2)C1. The van der Waals surface area contributed by atoms with Gasteiger partial charge in [-0.05, 0) is 25.3 Å². The van der Waals surface area contributed by atoms with Crippen LogP contribution in [0.25, 0.3) is 10.9 Å². The molecule has 29 heavy (non-hydrogen) atoms. The summed E-state index contributed by atoms with van der Waals surface area (Å²) in [5.74, 6) is 3.49. The average Bonchev–Trinajstić information content (AvgIpc) is 3.21. The van der Waals surface area contributed by atoms with E-state index in [9.17, 15) is 0 Å². The van der Waals surface area contributed by atoms with Crippen molar-refractivity contribution in [1.82, 2.24) is 19.5 Å². The molecule has 3 heterocycles. The zero-order chi connectivity index (χ0) is 20.4. The lowest BCUT2D eigenvalue weighted by Crippen LogP contribution is -2.38. The first-order valence-corrected chi connectivity index (χ1v) is 10.1. The second kappa shape index (κ2) is 8.14. The van der Waals surface area contributed by atoms with Crippen molar-refractivity contribution in [1.29, 1.82) is 0 Å². The predicted molar refractivity (Wildman–Crippen MR) is 114 cm³/mol. The Morgan fingerprint density at radius 1 is 1.17 bits per heavy atom. The largest absolute Gasteiger partial charge is 0.493 e. The number of nitrogen functional groups attached to an aromatic ring is 1. The van der Waals surface area contributed by atoms with Gasteiger partial charge in [-0.15, -0.1) is 0 Å². The molecular weight excluding hydrogens is 368 g/mol. The summed E-state index contributed by atoms with van der Waals surface area (Å²) in [6.45, 7) is 3.93. The van der Waals surface area contributed by atoms with E-state index in [2.05, 4.69) is 32.6 Å². The number of rotatable bonds is 6. The van der Waals surface area contributed by atoms with Gasteiger partial charge >= 0.3 is 0 Å². The highest BCUT2D eigenvalue weighted by Gasteiger charge is 2.25. The number of fused-ring (bicyclic) bond motifs is 1. The molecule has 1 saturated heterocycles. The van der Waals surface area contributed by atoms with Crippen LogP contribution in [0, 0.1) is 0 Å². The van der Waals surface area contributed by atoms with Crippen LogP contribution < -0.4 is 20.1 Å². The zero-order valence-corrected chi connectivity index (χ0v) is 17.3. The summed E-state index contributed by atoms with van der Waals surface area (Å²) in [6, 6.07) is 4.04. The Bertz CT molecular complexity index is 1000. The van der Waals surface area contributed by atoms with Crippen molar-refractivity contribution in [2.24, 2.45) is 0 Å². The lowest BCUT2D eigenvalue weighted by Gasteiger charge is -2.34. The van der Waals surface area contributed by atoms with Gasteiger partial charge in [-0.1, -0.05) is 6.92 Å². The quantitative estimate of drug-likeness (QED) is 0.684. The Labute approximate surface area is 170 Å². The first kappa shape index (κ1) is 19.3. The number of hydrogen-bond donors (Lipinski definition) is 1. The van der Waals surface area contributed by atoms with E-state index in [0.717, 1.165) is 55.5 Å². The molecule has 0 amide bonds. The fourth-order valence-electron chi connectivity index (χ4n) is 4.07. The molecule has 8 heteroatoms. The Balaban J connectivity index is 1.66. The number of aryl methyl sites for hydroxylation is 1. The van der Waals surface area contributed by atoms with Crippen LogP contribution in [0.2, 0.25) is 0 Å². The number of aromatic nitrogens is 4. The van der Waals surface area contributed by atoms with Gasteiger partial charge < -0.3 is 24.7 Å². The van der Waals surface area contributed by atoms with Gasteiger partial charge in [0.1, 0.15) is 11.6 Å². The molecule has 2 aromatic heterocycles. The number of imidazole rings is 1. The van der Waals surface area contributed by atoms with Gasteiger partial charge in [-0.2, -0.15) is 4.98 Å². The number of ether oxygens (including phenoxy) is 2. The summed E-state index contributed by atoms with van der Waals surface area (Å²) in [5.41, 5.74) is 7.03. The van der Waals surface area contributed by atoms with E-state index in [1.807, 2.05) is 18.3 Å². The lowest BCUT2D eigenvalue weighted by atomic mass is 10.1. The Hall–Kier alpha value is -3.03. The van der Waals surface area contributed by atoms with Crippen molar-refractivity contribution >= 4 is 22.7 Å². The van der Waals surface area contributed by atoms with E-state index in [0.29, 0.717) is 29.3 Å². The van der Waals surface area contributed by atoms with E-state index >= 15 is 0 Å². The number of anilines is 2. The Morgan fingerprint density at radius 2 is 1.97 bits per heavy atom. The van der Waals surface area contributed by atoms with E-state index in [-0.39, 0.29) is 0 Å². The van der Waals surface area contributed by atoms with Gasteiger partial charge in [0.15, 0.2) is 11.5 Å². The van der Waals surface area contributed by atoms with Gasteiger partial charge in [0.2, 0.25) is 5.95 Å². The Kier molecular flexibility index (Phi) is 5.42. The minimum absolute atomic E-state index is 0.360. The number of methoxy groups -OCH3 is 2. The molecule has 1 unspecified atom stereocenters. The normalized spacial score (nSPS) is 16.9. The summed E-state index contributed by atoms with van der Waals surface area (Å²) in [4.78, 5) is 16.1. The van der Waals surface area contributed by atoms with Crippen molar-refractivity contribution in [2.75, 3.05) is 37.9 Å². The first-order chi connectivity index (χ1) is 14.1. The van der Waals surface area contributed by atoms with Crippen LogP contribution in [-0.4, -0.2) is 46.8 Å². The zero-order valence-electron chi connectivity index (χ0n) is 17.3. The van der Waals surface area contributed by atoms with Gasteiger partial charge in [0.25, 0.3) is 0 Å². The maximum Gasteiger partial charge on any atom is 0.227 e. The molecule has 2 N–H and O–H groups in total. The third kappa shape index (κ3) is 3.66. The highest BCUT2D eigenvalue weighted by Crippen LogP contribution is 2.35. The lowest BCUT2D eigenvalue weighted by molar-refractivity contribution is 0.356. The van der Waals surface area contributed by atoms with Crippen LogP contribution in [0.5, 0.6) is 11.5 Å². The standard InChI is InChI=1S/C21H28N6O2/c1-4-6-19-23-8-10-27(19)14-7-5-9-26(13-14)21-24-16-12-18(29-3)17(28-2)11-15(16)20(22)25-21/h8,10-12,14H,4-7,9,13H2,1-3H3,(H2,22,24,25). The van der Waals surface area contributed by atoms with Gasteiger partial charge in [0.05, 0.1) is 25.8 Å². The van der Waals surface area contributed by atoms with Crippen molar-refractivity contribution in [2.45, 2.75) is 38.6 Å². The summed E-state index contributed by atoms with van der Waals surface area (Å²) in [6.07, 6.45) is 8.26. The van der Waals surface area contributed by atoms with Crippen LogP contribution in [-0.2, 0) is 6.42 Å². The molecule has 1 aliphatic heterocycles. The molecule has 0 bridgehead atoms. The third-order valence-corrected chi connectivity index (χ3v) is 5.51. The first-order valence-electron chi connectivity index (χ1n) is 10.1. The summed E-state index contributed by atoms with van der Waals surface area (Å²) >= 11 is 0. The van der Waals surface area contributed by atoms with E-state index in [4.69, 9.17) is 20.2 Å². The molecule has 4 rings (SSSR count). The highest BCUT2D eigenvalue weighted by atomic mass is 16.5. The van der Waals surface area contributed by atoms with Crippen LogP contribution >= 0.6 is 0 Å². The van der Waals surface area contributed by atoms with Crippen molar-refractivity contribution in [3.05, 3.63) is 30.4 Å². The molecule has 0 radical (unpaired) electrons. The predicted octanol–water partition coefficient (Wildman–Crippen LogP) is 3.22. The fraction of sp³-hybridized carbons (Fsp3) is 0.476. The molecule has 1 aromatic carbocycles. The average molecular weight is 396 g/mol. The summed E-state index contributed by atoms with van der Waals surface area (Å²) < 4.78 is 13.1. The second-order valence-corrected chi connectivity index (χ2v) is 7.38. The van der Waals surface area contributed by atoms with Crippen molar-refractivity contribution in [3.8, 4) is 11.5 Å². The number of nitrogens with zero attached hydrogens (tertiary/aromatic N) is 5. The molecule has 8 nitrogen and oxygen atoms in total. The number of hydrogen-bond acceptors (Lipinski definition) is 7. The van der Waals surface area contributed by atoms with E-state index in [1.165, 1.54) is 0 Å². The molecule has 1 atom stereocenters. The number of benzene rings is 1. The Morgan fingerprint density at radius 3 is 2.72 bits per heavy atom. The highest BCUT2D eigenvalue weighted by molar-refractivity contribution is 5.91. The molecule has 0 saturated carbocycles. The van der Waals surface area contributed by atoms with E-state index in [1.54, 1.807) is 14.2 Å². The fourth-order valence-corrected chi connectivity index (χ4v) is 4.07. The monoisotopic (exact) mass is 396 g/mol. The minimum atomic E-state index is 0.360. The maximum absolute atomic E-state index is 6.28. The molecule has 0 spiro atoms. The molecule has 3 aromatic rings. The smallest absolute Gasteiger partial charge is 0.227 e. The van der Waals surface area contributed by atoms with Crippen LogP contribution in [0.1, 0.15) is 38.1 Å². The van der Waals surface area contributed by atoms with Gasteiger partial charge in [-0.3, -0.25) is 0 Å². The summed E-state index contributed by atoms with van der Waals surface area (Å²) in [5, 5.41) is 0.764. The van der Waals surface area contributed by atoms with E-state index < -0.39 is 0 Å². The molecule has 154 valence electrons. The molecule has 1 aliphatic rings. The number of nitrogens with two attached hydrogens (primary N) is 1. The second-order valence-electron chi connectivity index (χ2n) is 7.38.